The average Bonchev–Trinajstić information content (AvgIpc) is 2.47. The van der Waals surface area contributed by atoms with Crippen molar-refractivity contribution in [2.24, 2.45) is 0 Å². The number of benzene rings is 1. The second-order valence-electron chi connectivity index (χ2n) is 3.02. The zero-order valence-corrected chi connectivity index (χ0v) is 11.1. The molecular weight excluding hydrogens is 312 g/mol. The van der Waals surface area contributed by atoms with E-state index in [1.807, 2.05) is 0 Å². The van der Waals surface area contributed by atoms with E-state index in [-0.39, 0.29) is 0 Å². The van der Waals surface area contributed by atoms with Crippen molar-refractivity contribution in [1.29, 1.82) is 0 Å². The molecule has 0 unspecified atom stereocenters. The van der Waals surface area contributed by atoms with Crippen molar-refractivity contribution < 1.29 is 0 Å². The molecule has 0 amide bonds. The molecule has 2 aromatic rings. The van der Waals surface area contributed by atoms with Gasteiger partial charge in [0, 0.05) is 25.3 Å². The van der Waals surface area contributed by atoms with Crippen LogP contribution in [0.2, 0.25) is 0 Å². The van der Waals surface area contributed by atoms with Crippen LogP contribution in [0.3, 0.4) is 0 Å². The molecule has 0 aliphatic carbocycles. The number of thiophene rings is 1. The Morgan fingerprint density at radius 3 is 2.85 bits per heavy atom. The molecule has 13 heavy (non-hydrogen) atoms. The maximum Gasteiger partial charge on any atom is 0.0395 e. The molecule has 0 atom stereocenters. The van der Waals surface area contributed by atoms with Gasteiger partial charge in [0.15, 0.2) is 0 Å². The predicted octanol–water partition coefficient (Wildman–Crippen LogP) is 4.87. The molecule has 0 bridgehead atoms. The smallest absolute Gasteiger partial charge is 0.0395 e. The summed E-state index contributed by atoms with van der Waals surface area (Å²) in [4.78, 5) is 0. The van der Waals surface area contributed by atoms with Gasteiger partial charge in [0.25, 0.3) is 0 Å². The molecule has 0 aliphatic heterocycles. The van der Waals surface area contributed by atoms with Crippen LogP contribution in [0.15, 0.2) is 22.0 Å². The number of rotatable bonds is 1. The minimum atomic E-state index is 0.929. The van der Waals surface area contributed by atoms with E-state index in [9.17, 15) is 0 Å². The monoisotopic (exact) mass is 318 g/mol. The Hall–Kier alpha value is 0.140. The molecule has 1 aromatic heterocycles. The van der Waals surface area contributed by atoms with Gasteiger partial charge < -0.3 is 0 Å². The molecule has 0 radical (unpaired) electrons. The molecule has 2 rings (SSSR count). The number of halogens is 2. The summed E-state index contributed by atoms with van der Waals surface area (Å²) in [6.07, 6.45) is 0. The topological polar surface area (TPSA) is 0 Å². The summed E-state index contributed by atoms with van der Waals surface area (Å²) >= 11 is 8.87. The van der Waals surface area contributed by atoms with Crippen LogP contribution in [-0.2, 0) is 5.33 Å². The number of fused-ring (bicyclic) bond motifs is 1. The average molecular weight is 320 g/mol. The van der Waals surface area contributed by atoms with Crippen molar-refractivity contribution in [3.05, 3.63) is 33.1 Å². The minimum Gasteiger partial charge on any atom is -0.142 e. The van der Waals surface area contributed by atoms with E-state index in [1.165, 1.54) is 25.7 Å². The first-order valence-corrected chi connectivity index (χ1v) is 6.74. The van der Waals surface area contributed by atoms with Crippen LogP contribution < -0.4 is 0 Å². The van der Waals surface area contributed by atoms with E-state index < -0.39 is 0 Å². The first kappa shape index (κ1) is 9.69. The first-order chi connectivity index (χ1) is 6.22. The number of alkyl halides is 1. The van der Waals surface area contributed by atoms with Crippen LogP contribution in [0.25, 0.3) is 10.1 Å². The van der Waals surface area contributed by atoms with E-state index in [4.69, 9.17) is 0 Å². The molecule has 0 spiro atoms. The lowest BCUT2D eigenvalue weighted by Gasteiger charge is -2.00. The molecule has 68 valence electrons. The number of hydrogen-bond acceptors (Lipinski definition) is 1. The second kappa shape index (κ2) is 3.71. The second-order valence-corrected chi connectivity index (χ2v) is 5.31. The summed E-state index contributed by atoms with van der Waals surface area (Å²) in [7, 11) is 0. The zero-order valence-electron chi connectivity index (χ0n) is 7.10. The fourth-order valence-corrected chi connectivity index (χ4v) is 3.72. The quantitative estimate of drug-likeness (QED) is 0.658. The van der Waals surface area contributed by atoms with Gasteiger partial charge in [-0.25, -0.2) is 0 Å². The Morgan fingerprint density at radius 2 is 2.15 bits per heavy atom. The normalized spacial score (nSPS) is 11.0. The third-order valence-corrected chi connectivity index (χ3v) is 4.63. The Morgan fingerprint density at radius 1 is 1.38 bits per heavy atom. The summed E-state index contributed by atoms with van der Waals surface area (Å²) in [5, 5.41) is 4.41. The minimum absolute atomic E-state index is 0.929. The van der Waals surface area contributed by atoms with Crippen molar-refractivity contribution in [2.75, 3.05) is 0 Å². The van der Waals surface area contributed by atoms with E-state index in [2.05, 4.69) is 56.3 Å². The highest BCUT2D eigenvalue weighted by Gasteiger charge is 2.06. The zero-order chi connectivity index (χ0) is 9.42. The summed E-state index contributed by atoms with van der Waals surface area (Å²) in [5.41, 5.74) is 2.70. The molecule has 0 N–H and O–H groups in total. The molecule has 0 fully saturated rings. The van der Waals surface area contributed by atoms with Crippen LogP contribution in [0, 0.1) is 6.92 Å². The SMILES string of the molecule is Cc1cc(CBr)c2scc(Br)c2c1. The maximum absolute atomic E-state index is 3.56. The molecule has 3 heteroatoms. The number of hydrogen-bond donors (Lipinski definition) is 0. The third kappa shape index (κ3) is 1.69. The van der Waals surface area contributed by atoms with Crippen LogP contribution >= 0.6 is 43.2 Å². The molecule has 0 saturated heterocycles. The summed E-state index contributed by atoms with van der Waals surface area (Å²) in [6, 6.07) is 4.46. The van der Waals surface area contributed by atoms with Crippen molar-refractivity contribution in [3.8, 4) is 0 Å². The molecule has 1 heterocycles. The summed E-state index contributed by atoms with van der Waals surface area (Å²) in [6.45, 7) is 2.13. The Kier molecular flexibility index (Phi) is 2.77. The lowest BCUT2D eigenvalue weighted by atomic mass is 10.1. The van der Waals surface area contributed by atoms with E-state index in [0.29, 0.717) is 0 Å². The van der Waals surface area contributed by atoms with Crippen LogP contribution in [-0.4, -0.2) is 0 Å². The highest BCUT2D eigenvalue weighted by atomic mass is 79.9. The highest BCUT2D eigenvalue weighted by molar-refractivity contribution is 9.10. The van der Waals surface area contributed by atoms with Gasteiger partial charge in [-0.05, 0) is 34.5 Å². The van der Waals surface area contributed by atoms with Gasteiger partial charge in [0.2, 0.25) is 0 Å². The van der Waals surface area contributed by atoms with Crippen LogP contribution in [0.5, 0.6) is 0 Å². The van der Waals surface area contributed by atoms with Crippen LogP contribution in [0.1, 0.15) is 11.1 Å². The largest absolute Gasteiger partial charge is 0.142 e. The van der Waals surface area contributed by atoms with Gasteiger partial charge in [-0.15, -0.1) is 11.3 Å². The summed E-state index contributed by atoms with van der Waals surface area (Å²) in [5.74, 6) is 0. The van der Waals surface area contributed by atoms with Gasteiger partial charge in [0.1, 0.15) is 0 Å². The standard InChI is InChI=1S/C10H8Br2S/c1-6-2-7(4-11)10-8(3-6)9(12)5-13-10/h2-3,5H,4H2,1H3. The maximum atomic E-state index is 3.56. The highest BCUT2D eigenvalue weighted by Crippen LogP contribution is 2.34. The van der Waals surface area contributed by atoms with Gasteiger partial charge >= 0.3 is 0 Å². The molecule has 0 saturated carbocycles. The lowest BCUT2D eigenvalue weighted by molar-refractivity contribution is 1.42. The van der Waals surface area contributed by atoms with Gasteiger partial charge in [-0.3, -0.25) is 0 Å². The summed E-state index contributed by atoms with van der Waals surface area (Å²) < 4.78 is 2.59. The van der Waals surface area contributed by atoms with Crippen LogP contribution in [0.4, 0.5) is 0 Å². The van der Waals surface area contributed by atoms with Crippen molar-refractivity contribution in [2.45, 2.75) is 12.3 Å². The van der Waals surface area contributed by atoms with Crippen molar-refractivity contribution in [1.82, 2.24) is 0 Å². The first-order valence-electron chi connectivity index (χ1n) is 3.94. The van der Waals surface area contributed by atoms with Crippen molar-refractivity contribution in [3.63, 3.8) is 0 Å². The van der Waals surface area contributed by atoms with Gasteiger partial charge in [0.05, 0.1) is 0 Å². The number of aryl methyl sites for hydroxylation is 1. The van der Waals surface area contributed by atoms with E-state index >= 15 is 0 Å². The fourth-order valence-electron chi connectivity index (χ4n) is 1.44. The Bertz CT molecular complexity index is 445. The molecule has 0 aliphatic rings. The fraction of sp³-hybridized carbons (Fsp3) is 0.200. The molecule has 1 aromatic carbocycles. The van der Waals surface area contributed by atoms with E-state index in [1.54, 1.807) is 11.3 Å². The van der Waals surface area contributed by atoms with Crippen molar-refractivity contribution >= 4 is 53.3 Å². The van der Waals surface area contributed by atoms with Gasteiger partial charge in [-0.1, -0.05) is 27.6 Å². The van der Waals surface area contributed by atoms with E-state index in [0.717, 1.165) is 5.33 Å². The van der Waals surface area contributed by atoms with Gasteiger partial charge in [-0.2, -0.15) is 0 Å². The lowest BCUT2D eigenvalue weighted by Crippen LogP contribution is -1.80. The predicted molar refractivity (Wildman–Crippen MR) is 66.9 cm³/mol. The Labute approximate surface area is 98.2 Å². The molecular formula is C10H8Br2S. The molecule has 0 nitrogen and oxygen atoms in total. The Balaban J connectivity index is 2.84. The third-order valence-electron chi connectivity index (χ3n) is 1.99.